The monoisotopic (exact) mass is 497 g/mol. The Balaban J connectivity index is 1.62. The number of sulfonamides is 1. The van der Waals surface area contributed by atoms with Gasteiger partial charge in [0.1, 0.15) is 27.9 Å². The molecule has 0 amide bonds. The molecule has 11 heteroatoms. The number of nitrogens with one attached hydrogen (secondary N) is 2. The van der Waals surface area contributed by atoms with Crippen molar-refractivity contribution in [2.75, 3.05) is 4.72 Å². The van der Waals surface area contributed by atoms with Crippen LogP contribution in [0.2, 0.25) is 0 Å². The summed E-state index contributed by atoms with van der Waals surface area (Å²) in [5.41, 5.74) is 1.93. The lowest BCUT2D eigenvalue weighted by atomic mass is 10.00. The quantitative estimate of drug-likeness (QED) is 0.332. The van der Waals surface area contributed by atoms with E-state index in [0.29, 0.717) is 29.9 Å². The molecule has 0 aliphatic rings. The van der Waals surface area contributed by atoms with Gasteiger partial charge < -0.3 is 4.98 Å². The van der Waals surface area contributed by atoms with Gasteiger partial charge in [0.05, 0.1) is 5.69 Å². The second-order valence-corrected chi connectivity index (χ2v) is 9.34. The molecule has 0 aliphatic heterocycles. The van der Waals surface area contributed by atoms with E-state index in [1.54, 1.807) is 29.3 Å². The van der Waals surface area contributed by atoms with Crippen LogP contribution in [0.5, 0.6) is 0 Å². The fourth-order valence-electron chi connectivity index (χ4n) is 3.85. The van der Waals surface area contributed by atoms with Crippen LogP contribution >= 0.6 is 0 Å². The van der Waals surface area contributed by atoms with Crippen molar-refractivity contribution >= 4 is 26.7 Å². The summed E-state index contributed by atoms with van der Waals surface area (Å²) < 4.78 is 72.4. The van der Waals surface area contributed by atoms with Crippen LogP contribution in [0.4, 0.5) is 18.9 Å². The summed E-state index contributed by atoms with van der Waals surface area (Å²) in [4.78, 5) is 6.39. The number of hydrogen-bond acceptors (Lipinski definition) is 4. The van der Waals surface area contributed by atoms with Crippen LogP contribution in [0.1, 0.15) is 6.92 Å². The topological polar surface area (TPSA) is 92.7 Å². The van der Waals surface area contributed by atoms with Crippen LogP contribution in [0.3, 0.4) is 0 Å². The molecule has 2 aromatic carbocycles. The Kier molecular flexibility index (Phi) is 5.56. The number of aryl methyl sites for hydroxylation is 1. The maximum atomic E-state index is 15.7. The van der Waals surface area contributed by atoms with Crippen molar-refractivity contribution in [3.63, 3.8) is 0 Å². The van der Waals surface area contributed by atoms with E-state index in [2.05, 4.69) is 15.1 Å². The number of hydrogen-bond donors (Lipinski definition) is 2. The molecule has 3 aromatic heterocycles. The molecular formula is C24H18F3N5O2S. The van der Waals surface area contributed by atoms with Gasteiger partial charge in [0.25, 0.3) is 10.0 Å². The predicted molar refractivity (Wildman–Crippen MR) is 126 cm³/mol. The number of aromatic amines is 1. The third kappa shape index (κ3) is 4.03. The van der Waals surface area contributed by atoms with E-state index in [-0.39, 0.29) is 11.3 Å². The molecule has 0 saturated heterocycles. The highest BCUT2D eigenvalue weighted by Gasteiger charge is 2.24. The number of pyridine rings is 1. The molecule has 5 aromatic rings. The van der Waals surface area contributed by atoms with Crippen LogP contribution in [0, 0.1) is 17.5 Å². The van der Waals surface area contributed by atoms with E-state index < -0.39 is 38.1 Å². The molecule has 178 valence electrons. The van der Waals surface area contributed by atoms with Crippen molar-refractivity contribution < 1.29 is 21.6 Å². The SMILES string of the molecule is CCn1cc(-c2ccnc3[nH]ccc23)c(-c2cccc(NS(=O)(=O)c3cc(F)ccc3F)c2F)n1. The minimum atomic E-state index is -4.61. The summed E-state index contributed by atoms with van der Waals surface area (Å²) in [6.07, 6.45) is 5.14. The molecule has 0 unspecified atom stereocenters. The van der Waals surface area contributed by atoms with Crippen molar-refractivity contribution in [2.45, 2.75) is 18.4 Å². The van der Waals surface area contributed by atoms with E-state index in [9.17, 15) is 17.2 Å². The lowest BCUT2D eigenvalue weighted by Crippen LogP contribution is -2.16. The zero-order chi connectivity index (χ0) is 24.7. The number of halogens is 3. The Hall–Kier alpha value is -4.12. The Morgan fingerprint density at radius 2 is 1.86 bits per heavy atom. The number of benzene rings is 2. The molecule has 0 aliphatic carbocycles. The molecule has 0 fully saturated rings. The summed E-state index contributed by atoms with van der Waals surface area (Å²) in [6, 6.07) is 9.76. The summed E-state index contributed by atoms with van der Waals surface area (Å²) >= 11 is 0. The van der Waals surface area contributed by atoms with Gasteiger partial charge in [-0.05, 0) is 55.0 Å². The van der Waals surface area contributed by atoms with Crippen molar-refractivity contribution in [3.05, 3.63) is 84.6 Å². The molecule has 0 spiro atoms. The molecule has 35 heavy (non-hydrogen) atoms. The Labute approximate surface area is 198 Å². The van der Waals surface area contributed by atoms with Gasteiger partial charge in [-0.2, -0.15) is 5.10 Å². The normalized spacial score (nSPS) is 11.8. The first-order valence-corrected chi connectivity index (χ1v) is 12.0. The van der Waals surface area contributed by atoms with Crippen LogP contribution in [0.15, 0.2) is 72.0 Å². The van der Waals surface area contributed by atoms with Crippen LogP contribution in [-0.4, -0.2) is 28.2 Å². The maximum absolute atomic E-state index is 15.7. The van der Waals surface area contributed by atoms with Crippen molar-refractivity contribution in [3.8, 4) is 22.4 Å². The first kappa shape index (κ1) is 22.7. The fraction of sp³-hybridized carbons (Fsp3) is 0.0833. The Bertz CT molecular complexity index is 1680. The molecular weight excluding hydrogens is 479 g/mol. The number of fused-ring (bicyclic) bond motifs is 1. The van der Waals surface area contributed by atoms with Gasteiger partial charge in [0.2, 0.25) is 0 Å². The molecule has 7 nitrogen and oxygen atoms in total. The highest BCUT2D eigenvalue weighted by Crippen LogP contribution is 2.37. The van der Waals surface area contributed by atoms with Gasteiger partial charge in [-0.1, -0.05) is 6.07 Å². The molecule has 0 saturated carbocycles. The van der Waals surface area contributed by atoms with Crippen molar-refractivity contribution in [1.82, 2.24) is 19.7 Å². The molecule has 5 rings (SSSR count). The summed E-state index contributed by atoms with van der Waals surface area (Å²) in [7, 11) is -4.61. The van der Waals surface area contributed by atoms with Gasteiger partial charge in [-0.15, -0.1) is 0 Å². The van der Waals surface area contributed by atoms with E-state index in [4.69, 9.17) is 0 Å². The molecule has 2 N–H and O–H groups in total. The van der Waals surface area contributed by atoms with Crippen LogP contribution in [0.25, 0.3) is 33.4 Å². The smallest absolute Gasteiger partial charge is 0.265 e. The maximum Gasteiger partial charge on any atom is 0.265 e. The number of H-pyrrole nitrogens is 1. The second-order valence-electron chi connectivity index (χ2n) is 7.69. The molecule has 0 bridgehead atoms. The first-order chi connectivity index (χ1) is 16.8. The Morgan fingerprint density at radius 1 is 1.03 bits per heavy atom. The Morgan fingerprint density at radius 3 is 2.66 bits per heavy atom. The van der Waals surface area contributed by atoms with Gasteiger partial charge in [0, 0.05) is 41.6 Å². The van der Waals surface area contributed by atoms with E-state index in [1.807, 2.05) is 17.7 Å². The van der Waals surface area contributed by atoms with Crippen LogP contribution < -0.4 is 4.72 Å². The first-order valence-electron chi connectivity index (χ1n) is 10.5. The standard InChI is InChI=1S/C24H18F3N5O2S/c1-2-32-13-18(15-8-10-28-24-16(15)9-11-29-24)23(30-32)17-4-3-5-20(22(17)27)31-35(33,34)21-12-14(25)6-7-19(21)26/h3-13,31H,2H2,1H3,(H,28,29). The van der Waals surface area contributed by atoms with Crippen molar-refractivity contribution in [2.24, 2.45) is 0 Å². The van der Waals surface area contributed by atoms with Crippen LogP contribution in [-0.2, 0) is 16.6 Å². The van der Waals surface area contributed by atoms with E-state index in [1.165, 1.54) is 18.2 Å². The average Bonchev–Trinajstić information content (AvgIpc) is 3.49. The second kappa shape index (κ2) is 8.58. The van der Waals surface area contributed by atoms with Crippen molar-refractivity contribution in [1.29, 1.82) is 0 Å². The minimum absolute atomic E-state index is 0.0348. The third-order valence-electron chi connectivity index (χ3n) is 5.52. The summed E-state index contributed by atoms with van der Waals surface area (Å²) in [5.74, 6) is -3.01. The zero-order valence-corrected chi connectivity index (χ0v) is 19.1. The molecule has 0 atom stereocenters. The lowest BCUT2D eigenvalue weighted by molar-refractivity contribution is 0.555. The van der Waals surface area contributed by atoms with Gasteiger partial charge in [-0.25, -0.2) is 26.6 Å². The number of nitrogens with zero attached hydrogens (tertiary/aromatic N) is 3. The third-order valence-corrected chi connectivity index (χ3v) is 6.90. The van der Waals surface area contributed by atoms with Gasteiger partial charge in [-0.3, -0.25) is 9.40 Å². The number of aromatic nitrogens is 4. The highest BCUT2D eigenvalue weighted by atomic mass is 32.2. The van der Waals surface area contributed by atoms with Gasteiger partial charge in [0.15, 0.2) is 5.82 Å². The van der Waals surface area contributed by atoms with E-state index >= 15 is 4.39 Å². The zero-order valence-electron chi connectivity index (χ0n) is 18.3. The molecule has 0 radical (unpaired) electrons. The lowest BCUT2D eigenvalue weighted by Gasteiger charge is -2.12. The largest absolute Gasteiger partial charge is 0.346 e. The van der Waals surface area contributed by atoms with E-state index in [0.717, 1.165) is 17.0 Å². The highest BCUT2D eigenvalue weighted by molar-refractivity contribution is 7.92. The molecule has 3 heterocycles. The number of rotatable bonds is 6. The average molecular weight is 498 g/mol. The predicted octanol–water partition coefficient (Wildman–Crippen LogP) is 5.33. The minimum Gasteiger partial charge on any atom is -0.346 e. The fourth-order valence-corrected chi connectivity index (χ4v) is 5.00. The summed E-state index contributed by atoms with van der Waals surface area (Å²) in [5, 5.41) is 5.32. The van der Waals surface area contributed by atoms with Gasteiger partial charge >= 0.3 is 0 Å². The number of anilines is 1. The summed E-state index contributed by atoms with van der Waals surface area (Å²) in [6.45, 7) is 2.40.